The SMILES string of the molecule is CCN1CCN(C(=O)[C@H](C)N2CCN(C(=O)c3ccccc3F)CC2)CC1. The number of hydrogen-bond donors (Lipinski definition) is 0. The third-order valence-electron chi connectivity index (χ3n) is 5.74. The fraction of sp³-hybridized carbons (Fsp3) is 0.600. The zero-order chi connectivity index (χ0) is 19.4. The summed E-state index contributed by atoms with van der Waals surface area (Å²) in [4.78, 5) is 33.4. The molecule has 0 aromatic heterocycles. The van der Waals surface area contributed by atoms with Crippen molar-refractivity contribution in [3.8, 4) is 0 Å². The molecule has 1 aromatic rings. The van der Waals surface area contributed by atoms with Crippen molar-refractivity contribution >= 4 is 11.8 Å². The maximum absolute atomic E-state index is 13.9. The summed E-state index contributed by atoms with van der Waals surface area (Å²) in [7, 11) is 0. The van der Waals surface area contributed by atoms with Crippen LogP contribution >= 0.6 is 0 Å². The highest BCUT2D eigenvalue weighted by molar-refractivity contribution is 5.94. The molecular formula is C20H29FN4O2. The van der Waals surface area contributed by atoms with Crippen molar-refractivity contribution in [3.63, 3.8) is 0 Å². The first-order valence-corrected chi connectivity index (χ1v) is 9.80. The predicted molar refractivity (Wildman–Crippen MR) is 102 cm³/mol. The van der Waals surface area contributed by atoms with Crippen molar-refractivity contribution in [1.82, 2.24) is 19.6 Å². The van der Waals surface area contributed by atoms with Crippen LogP contribution in [0.3, 0.4) is 0 Å². The van der Waals surface area contributed by atoms with Crippen molar-refractivity contribution in [1.29, 1.82) is 0 Å². The fourth-order valence-corrected chi connectivity index (χ4v) is 3.82. The Morgan fingerprint density at radius 2 is 1.56 bits per heavy atom. The van der Waals surface area contributed by atoms with Gasteiger partial charge in [0.25, 0.3) is 5.91 Å². The highest BCUT2D eigenvalue weighted by atomic mass is 19.1. The number of halogens is 1. The van der Waals surface area contributed by atoms with E-state index in [1.165, 1.54) is 12.1 Å². The molecule has 6 nitrogen and oxygen atoms in total. The molecule has 2 aliphatic rings. The summed E-state index contributed by atoms with van der Waals surface area (Å²) < 4.78 is 13.9. The molecule has 0 radical (unpaired) electrons. The lowest BCUT2D eigenvalue weighted by molar-refractivity contribution is -0.138. The van der Waals surface area contributed by atoms with Crippen LogP contribution in [0.15, 0.2) is 24.3 Å². The smallest absolute Gasteiger partial charge is 0.256 e. The zero-order valence-corrected chi connectivity index (χ0v) is 16.2. The molecular weight excluding hydrogens is 347 g/mol. The normalized spacial score (nSPS) is 20.6. The van der Waals surface area contributed by atoms with Crippen LogP contribution in [-0.4, -0.2) is 96.4 Å². The topological polar surface area (TPSA) is 47.1 Å². The fourth-order valence-electron chi connectivity index (χ4n) is 3.82. The second kappa shape index (κ2) is 8.80. The summed E-state index contributed by atoms with van der Waals surface area (Å²) in [5.41, 5.74) is 0.115. The van der Waals surface area contributed by atoms with E-state index in [0.717, 1.165) is 32.7 Å². The van der Waals surface area contributed by atoms with Gasteiger partial charge in [-0.15, -0.1) is 0 Å². The molecule has 0 saturated carbocycles. The van der Waals surface area contributed by atoms with E-state index in [0.29, 0.717) is 26.2 Å². The van der Waals surface area contributed by atoms with Crippen LogP contribution in [0, 0.1) is 5.82 Å². The Balaban J connectivity index is 1.52. The van der Waals surface area contributed by atoms with Gasteiger partial charge in [0.2, 0.25) is 5.91 Å². The van der Waals surface area contributed by atoms with Gasteiger partial charge in [-0.1, -0.05) is 19.1 Å². The Labute approximate surface area is 160 Å². The van der Waals surface area contributed by atoms with Crippen LogP contribution in [0.5, 0.6) is 0 Å². The minimum atomic E-state index is -0.486. The summed E-state index contributed by atoms with van der Waals surface area (Å²) >= 11 is 0. The van der Waals surface area contributed by atoms with Crippen LogP contribution in [0.2, 0.25) is 0 Å². The molecule has 0 N–H and O–H groups in total. The van der Waals surface area contributed by atoms with E-state index < -0.39 is 5.82 Å². The third-order valence-corrected chi connectivity index (χ3v) is 5.74. The number of piperazine rings is 2. The van der Waals surface area contributed by atoms with Gasteiger partial charge in [-0.05, 0) is 25.6 Å². The molecule has 2 aliphatic heterocycles. The lowest BCUT2D eigenvalue weighted by Crippen LogP contribution is -2.58. The van der Waals surface area contributed by atoms with Crippen LogP contribution in [-0.2, 0) is 4.79 Å². The Morgan fingerprint density at radius 1 is 0.963 bits per heavy atom. The van der Waals surface area contributed by atoms with Crippen molar-refractivity contribution in [2.45, 2.75) is 19.9 Å². The number of amides is 2. The van der Waals surface area contributed by atoms with Gasteiger partial charge >= 0.3 is 0 Å². The molecule has 2 amide bonds. The number of carbonyl (C=O) groups excluding carboxylic acids is 2. The molecule has 2 heterocycles. The summed E-state index contributed by atoms with van der Waals surface area (Å²) in [5, 5.41) is 0. The second-order valence-corrected chi connectivity index (χ2v) is 7.24. The first-order chi connectivity index (χ1) is 13.0. The van der Waals surface area contributed by atoms with Crippen molar-refractivity contribution in [3.05, 3.63) is 35.6 Å². The molecule has 0 spiro atoms. The molecule has 7 heteroatoms. The van der Waals surface area contributed by atoms with Crippen LogP contribution in [0.1, 0.15) is 24.2 Å². The van der Waals surface area contributed by atoms with Gasteiger partial charge in [-0.25, -0.2) is 4.39 Å². The molecule has 2 saturated heterocycles. The van der Waals surface area contributed by atoms with Gasteiger partial charge in [0, 0.05) is 52.4 Å². The molecule has 0 aliphatic carbocycles. The van der Waals surface area contributed by atoms with E-state index in [9.17, 15) is 14.0 Å². The molecule has 3 rings (SSSR count). The second-order valence-electron chi connectivity index (χ2n) is 7.24. The lowest BCUT2D eigenvalue weighted by Gasteiger charge is -2.41. The Kier molecular flexibility index (Phi) is 6.44. The van der Waals surface area contributed by atoms with E-state index >= 15 is 0 Å². The molecule has 2 fully saturated rings. The summed E-state index contributed by atoms with van der Waals surface area (Å²) in [6.07, 6.45) is 0. The highest BCUT2D eigenvalue weighted by Crippen LogP contribution is 2.15. The predicted octanol–water partition coefficient (Wildman–Crippen LogP) is 1.14. The first kappa shape index (κ1) is 19.8. The Hall–Kier alpha value is -1.99. The quantitative estimate of drug-likeness (QED) is 0.791. The Bertz CT molecular complexity index is 668. The largest absolute Gasteiger partial charge is 0.339 e. The molecule has 0 bridgehead atoms. The number of likely N-dealkylation sites (N-methyl/N-ethyl adjacent to an activating group) is 1. The number of benzene rings is 1. The van der Waals surface area contributed by atoms with Crippen molar-refractivity contribution < 1.29 is 14.0 Å². The maximum atomic E-state index is 13.9. The number of rotatable bonds is 4. The van der Waals surface area contributed by atoms with E-state index in [-0.39, 0.29) is 23.4 Å². The van der Waals surface area contributed by atoms with Crippen LogP contribution in [0.4, 0.5) is 4.39 Å². The molecule has 1 atom stereocenters. The third kappa shape index (κ3) is 4.47. The maximum Gasteiger partial charge on any atom is 0.256 e. The molecule has 0 unspecified atom stereocenters. The monoisotopic (exact) mass is 376 g/mol. The standard InChI is InChI=1S/C20H29FN4O2/c1-3-22-8-10-24(11-9-22)19(26)16(2)23-12-14-25(15-13-23)20(27)17-6-4-5-7-18(17)21/h4-7,16H,3,8-15H2,1-2H3/t16-/m0/s1. The van der Waals surface area contributed by atoms with Crippen LogP contribution < -0.4 is 0 Å². The van der Waals surface area contributed by atoms with Gasteiger partial charge in [0.05, 0.1) is 11.6 Å². The van der Waals surface area contributed by atoms with Crippen molar-refractivity contribution in [2.24, 2.45) is 0 Å². The number of hydrogen-bond acceptors (Lipinski definition) is 4. The molecule has 148 valence electrons. The molecule has 27 heavy (non-hydrogen) atoms. The van der Waals surface area contributed by atoms with E-state index in [4.69, 9.17) is 0 Å². The van der Waals surface area contributed by atoms with Gasteiger partial charge in [-0.2, -0.15) is 0 Å². The number of nitrogens with zero attached hydrogens (tertiary/aromatic N) is 4. The summed E-state index contributed by atoms with van der Waals surface area (Å²) in [6.45, 7) is 10.8. The highest BCUT2D eigenvalue weighted by Gasteiger charge is 2.31. The van der Waals surface area contributed by atoms with Gasteiger partial charge in [-0.3, -0.25) is 14.5 Å². The summed E-state index contributed by atoms with van der Waals surface area (Å²) in [5.74, 6) is -0.596. The van der Waals surface area contributed by atoms with E-state index in [1.807, 2.05) is 11.8 Å². The average Bonchev–Trinajstić information content (AvgIpc) is 2.73. The summed E-state index contributed by atoms with van der Waals surface area (Å²) in [6, 6.07) is 5.89. The van der Waals surface area contributed by atoms with Crippen LogP contribution in [0.25, 0.3) is 0 Å². The van der Waals surface area contributed by atoms with E-state index in [1.54, 1.807) is 17.0 Å². The minimum absolute atomic E-state index is 0.115. The molecule has 1 aromatic carbocycles. The number of carbonyl (C=O) groups is 2. The van der Waals surface area contributed by atoms with Crippen molar-refractivity contribution in [2.75, 3.05) is 58.9 Å². The average molecular weight is 376 g/mol. The minimum Gasteiger partial charge on any atom is -0.339 e. The van der Waals surface area contributed by atoms with Gasteiger partial charge < -0.3 is 14.7 Å². The zero-order valence-electron chi connectivity index (χ0n) is 16.2. The Morgan fingerprint density at radius 3 is 2.15 bits per heavy atom. The first-order valence-electron chi connectivity index (χ1n) is 9.80. The lowest BCUT2D eigenvalue weighted by atomic mass is 10.1. The van der Waals surface area contributed by atoms with E-state index in [2.05, 4.69) is 16.7 Å². The van der Waals surface area contributed by atoms with Gasteiger partial charge in [0.15, 0.2) is 0 Å². The van der Waals surface area contributed by atoms with Gasteiger partial charge in [0.1, 0.15) is 5.82 Å².